The molecule has 2 N–H and O–H groups in total. The minimum atomic E-state index is 0.787. The van der Waals surface area contributed by atoms with Crippen LogP contribution in [0.25, 0.3) is 0 Å². The SMILES string of the molecule is CCN1CCN(CCCCNC(=NC)NCCCOC)CC1. The number of nitrogens with one attached hydrogen (secondary N) is 2. The fourth-order valence-electron chi connectivity index (χ4n) is 2.64. The zero-order valence-corrected chi connectivity index (χ0v) is 14.7. The van der Waals surface area contributed by atoms with E-state index >= 15 is 0 Å². The van der Waals surface area contributed by atoms with Gasteiger partial charge in [0.05, 0.1) is 0 Å². The summed E-state index contributed by atoms with van der Waals surface area (Å²) >= 11 is 0. The second-order valence-electron chi connectivity index (χ2n) is 5.76. The normalized spacial score (nSPS) is 17.7. The smallest absolute Gasteiger partial charge is 0.190 e. The van der Waals surface area contributed by atoms with E-state index in [1.165, 1.54) is 52.1 Å². The van der Waals surface area contributed by atoms with Gasteiger partial charge >= 0.3 is 0 Å². The van der Waals surface area contributed by atoms with Gasteiger partial charge in [-0.15, -0.1) is 0 Å². The number of guanidine groups is 1. The van der Waals surface area contributed by atoms with Crippen LogP contribution < -0.4 is 10.6 Å². The number of methoxy groups -OCH3 is 1. The van der Waals surface area contributed by atoms with Crippen molar-refractivity contribution in [3.8, 4) is 0 Å². The Kier molecular flexibility index (Phi) is 11.1. The van der Waals surface area contributed by atoms with E-state index in [2.05, 4.69) is 32.3 Å². The van der Waals surface area contributed by atoms with Gasteiger partial charge in [0.25, 0.3) is 0 Å². The van der Waals surface area contributed by atoms with Crippen LogP contribution in [0.1, 0.15) is 26.2 Å². The van der Waals surface area contributed by atoms with E-state index in [1.807, 2.05) is 7.05 Å². The van der Waals surface area contributed by atoms with Gasteiger partial charge < -0.3 is 25.2 Å². The first-order valence-corrected chi connectivity index (χ1v) is 8.68. The molecule has 0 atom stereocenters. The number of unbranched alkanes of at least 4 members (excludes halogenated alkanes) is 1. The van der Waals surface area contributed by atoms with Gasteiger partial charge in [-0.05, 0) is 32.4 Å². The average Bonchev–Trinajstić information content (AvgIpc) is 2.57. The summed E-state index contributed by atoms with van der Waals surface area (Å²) in [6.45, 7) is 12.2. The Labute approximate surface area is 136 Å². The highest BCUT2D eigenvalue weighted by atomic mass is 16.5. The van der Waals surface area contributed by atoms with Gasteiger partial charge in [0.1, 0.15) is 0 Å². The first-order valence-electron chi connectivity index (χ1n) is 8.68. The van der Waals surface area contributed by atoms with Crippen LogP contribution in [0.3, 0.4) is 0 Å². The number of likely N-dealkylation sites (N-methyl/N-ethyl adjacent to an activating group) is 1. The van der Waals surface area contributed by atoms with Crippen molar-refractivity contribution in [2.45, 2.75) is 26.2 Å². The lowest BCUT2D eigenvalue weighted by Gasteiger charge is -2.34. The van der Waals surface area contributed by atoms with Crippen molar-refractivity contribution >= 4 is 5.96 Å². The second-order valence-corrected chi connectivity index (χ2v) is 5.76. The number of hydrogen-bond donors (Lipinski definition) is 2. The Morgan fingerprint density at radius 1 is 1.00 bits per heavy atom. The van der Waals surface area contributed by atoms with Gasteiger partial charge in [0.2, 0.25) is 0 Å². The minimum Gasteiger partial charge on any atom is -0.385 e. The van der Waals surface area contributed by atoms with Gasteiger partial charge in [-0.1, -0.05) is 6.92 Å². The van der Waals surface area contributed by atoms with Crippen LogP contribution in [-0.2, 0) is 4.74 Å². The van der Waals surface area contributed by atoms with Crippen LogP contribution in [0.15, 0.2) is 4.99 Å². The number of piperazine rings is 1. The molecule has 1 aliphatic rings. The molecule has 0 unspecified atom stereocenters. The zero-order chi connectivity index (χ0) is 16.0. The predicted molar refractivity (Wildman–Crippen MR) is 93.6 cm³/mol. The largest absolute Gasteiger partial charge is 0.385 e. The Hall–Kier alpha value is -0.850. The maximum absolute atomic E-state index is 5.03. The quantitative estimate of drug-likeness (QED) is 0.351. The van der Waals surface area contributed by atoms with Crippen LogP contribution in [0, 0.1) is 0 Å². The van der Waals surface area contributed by atoms with Gasteiger partial charge in [0.15, 0.2) is 5.96 Å². The highest BCUT2D eigenvalue weighted by molar-refractivity contribution is 5.79. The van der Waals surface area contributed by atoms with Crippen LogP contribution >= 0.6 is 0 Å². The van der Waals surface area contributed by atoms with E-state index in [-0.39, 0.29) is 0 Å². The van der Waals surface area contributed by atoms with E-state index in [4.69, 9.17) is 4.74 Å². The third kappa shape index (κ3) is 8.56. The van der Waals surface area contributed by atoms with Crippen molar-refractivity contribution < 1.29 is 4.74 Å². The summed E-state index contributed by atoms with van der Waals surface area (Å²) in [4.78, 5) is 9.34. The van der Waals surface area contributed by atoms with E-state index in [9.17, 15) is 0 Å². The number of aliphatic imine (C=N–C) groups is 1. The Balaban J connectivity index is 1.97. The zero-order valence-electron chi connectivity index (χ0n) is 14.7. The van der Waals surface area contributed by atoms with Gasteiger partial charge in [0, 0.05) is 60.0 Å². The molecule has 0 aromatic carbocycles. The molecule has 0 aromatic heterocycles. The van der Waals surface area contributed by atoms with E-state index in [0.717, 1.165) is 32.1 Å². The van der Waals surface area contributed by atoms with Crippen LogP contribution in [-0.4, -0.2) is 88.9 Å². The molecule has 0 spiro atoms. The molecule has 0 radical (unpaired) electrons. The second kappa shape index (κ2) is 12.7. The molecule has 1 saturated heterocycles. The number of rotatable bonds is 10. The highest BCUT2D eigenvalue weighted by Crippen LogP contribution is 2.02. The first-order chi connectivity index (χ1) is 10.8. The maximum atomic E-state index is 5.03. The predicted octanol–water partition coefficient (Wildman–Crippen LogP) is 0.606. The lowest BCUT2D eigenvalue weighted by atomic mass is 10.2. The molecule has 1 heterocycles. The van der Waals surface area contributed by atoms with Gasteiger partial charge in [-0.25, -0.2) is 0 Å². The Morgan fingerprint density at radius 3 is 2.23 bits per heavy atom. The molecule has 0 amide bonds. The molecule has 0 saturated carbocycles. The average molecular weight is 313 g/mol. The van der Waals surface area contributed by atoms with E-state index < -0.39 is 0 Å². The Bertz CT molecular complexity index is 290. The fourth-order valence-corrected chi connectivity index (χ4v) is 2.64. The van der Waals surface area contributed by atoms with Crippen molar-refractivity contribution in [3.05, 3.63) is 0 Å². The summed E-state index contributed by atoms with van der Waals surface area (Å²) in [5.74, 6) is 0.896. The third-order valence-corrected chi connectivity index (χ3v) is 4.15. The maximum Gasteiger partial charge on any atom is 0.190 e. The van der Waals surface area contributed by atoms with Crippen molar-refractivity contribution in [3.63, 3.8) is 0 Å². The molecule has 6 nitrogen and oxygen atoms in total. The topological polar surface area (TPSA) is 52.1 Å². The molecule has 1 rings (SSSR count). The number of ether oxygens (including phenoxy) is 1. The summed E-state index contributed by atoms with van der Waals surface area (Å²) in [6.07, 6.45) is 3.44. The first kappa shape index (κ1) is 19.2. The third-order valence-electron chi connectivity index (χ3n) is 4.15. The molecule has 6 heteroatoms. The molecule has 1 aliphatic heterocycles. The molecular formula is C16H35N5O. The van der Waals surface area contributed by atoms with Crippen molar-refractivity contribution in [1.29, 1.82) is 0 Å². The van der Waals surface area contributed by atoms with Crippen LogP contribution in [0.5, 0.6) is 0 Å². The standard InChI is InChI=1S/C16H35N5O/c1-4-20-11-13-21(14-12-20)10-6-5-8-18-16(17-2)19-9-7-15-22-3/h4-15H2,1-3H3,(H2,17,18,19). The number of nitrogens with zero attached hydrogens (tertiary/aromatic N) is 3. The molecular weight excluding hydrogens is 278 g/mol. The molecule has 0 aliphatic carbocycles. The van der Waals surface area contributed by atoms with Crippen molar-refractivity contribution in [2.75, 3.05) is 73.1 Å². The van der Waals surface area contributed by atoms with Gasteiger partial charge in [-0.3, -0.25) is 4.99 Å². The molecule has 0 aromatic rings. The minimum absolute atomic E-state index is 0.787. The summed E-state index contributed by atoms with van der Waals surface area (Å²) < 4.78 is 5.03. The molecule has 130 valence electrons. The van der Waals surface area contributed by atoms with Crippen molar-refractivity contribution in [1.82, 2.24) is 20.4 Å². The van der Waals surface area contributed by atoms with E-state index in [1.54, 1.807) is 7.11 Å². The fraction of sp³-hybridized carbons (Fsp3) is 0.938. The lowest BCUT2D eigenvalue weighted by molar-refractivity contribution is 0.136. The monoisotopic (exact) mass is 313 g/mol. The summed E-state index contributed by atoms with van der Waals surface area (Å²) in [6, 6.07) is 0. The van der Waals surface area contributed by atoms with Gasteiger partial charge in [-0.2, -0.15) is 0 Å². The highest BCUT2D eigenvalue weighted by Gasteiger charge is 2.14. The molecule has 0 bridgehead atoms. The van der Waals surface area contributed by atoms with Crippen LogP contribution in [0.4, 0.5) is 0 Å². The molecule has 1 fully saturated rings. The lowest BCUT2D eigenvalue weighted by Crippen LogP contribution is -2.46. The van der Waals surface area contributed by atoms with E-state index in [0.29, 0.717) is 0 Å². The Morgan fingerprint density at radius 2 is 1.64 bits per heavy atom. The van der Waals surface area contributed by atoms with Crippen molar-refractivity contribution in [2.24, 2.45) is 4.99 Å². The molecule has 22 heavy (non-hydrogen) atoms. The summed E-state index contributed by atoms with van der Waals surface area (Å²) in [5.41, 5.74) is 0. The summed E-state index contributed by atoms with van der Waals surface area (Å²) in [5, 5.41) is 6.67. The van der Waals surface area contributed by atoms with Crippen LogP contribution in [0.2, 0.25) is 0 Å². The number of hydrogen-bond acceptors (Lipinski definition) is 4. The summed E-state index contributed by atoms with van der Waals surface area (Å²) in [7, 11) is 3.55.